The van der Waals surface area contributed by atoms with E-state index >= 15 is 0 Å². The van der Waals surface area contributed by atoms with Crippen molar-refractivity contribution in [3.63, 3.8) is 0 Å². The number of hydrogen-bond acceptors (Lipinski definition) is 1. The molecule has 0 aliphatic carbocycles. The van der Waals surface area contributed by atoms with Crippen LogP contribution in [0.25, 0.3) is 6.08 Å². The van der Waals surface area contributed by atoms with Crippen LogP contribution in [0, 0.1) is 3.57 Å². The molecule has 0 radical (unpaired) electrons. The normalized spacial score (nSPS) is 9.81. The minimum absolute atomic E-state index is 0.840. The van der Waals surface area contributed by atoms with Crippen molar-refractivity contribution in [3.05, 3.63) is 64.2 Å². The first-order valence-electron chi connectivity index (χ1n) is 4.94. The summed E-state index contributed by atoms with van der Waals surface area (Å²) in [6, 6.07) is 15.8. The molecule has 0 saturated carbocycles. The Morgan fingerprint density at radius 1 is 0.875 bits per heavy atom. The molecular formula is C14H11IO. The fourth-order valence-corrected chi connectivity index (χ4v) is 1.67. The molecule has 2 heteroatoms. The van der Waals surface area contributed by atoms with E-state index in [2.05, 4.69) is 29.2 Å². The molecule has 0 atom stereocenters. The molecule has 0 heterocycles. The van der Waals surface area contributed by atoms with E-state index in [1.54, 1.807) is 0 Å². The van der Waals surface area contributed by atoms with Gasteiger partial charge in [-0.2, -0.15) is 0 Å². The van der Waals surface area contributed by atoms with Gasteiger partial charge in [-0.15, -0.1) is 0 Å². The SMILES string of the molecule is C=Cc1ccc(Oc2ccc(I)cc2)cc1. The molecule has 0 aliphatic rings. The Morgan fingerprint density at radius 3 is 1.88 bits per heavy atom. The number of benzene rings is 2. The van der Waals surface area contributed by atoms with Crippen LogP contribution >= 0.6 is 22.6 Å². The molecular weight excluding hydrogens is 311 g/mol. The highest BCUT2D eigenvalue weighted by Gasteiger charge is 1.96. The van der Waals surface area contributed by atoms with Gasteiger partial charge in [0.25, 0.3) is 0 Å². The zero-order valence-electron chi connectivity index (χ0n) is 8.69. The Morgan fingerprint density at radius 2 is 1.38 bits per heavy atom. The average molecular weight is 322 g/mol. The van der Waals surface area contributed by atoms with Gasteiger partial charge in [0.05, 0.1) is 0 Å². The van der Waals surface area contributed by atoms with Crippen LogP contribution in [-0.2, 0) is 0 Å². The standard InChI is InChI=1S/C14H11IO/c1-2-11-3-7-13(8-4-11)16-14-9-5-12(15)6-10-14/h2-10H,1H2. The van der Waals surface area contributed by atoms with E-state index in [1.807, 2.05) is 54.6 Å². The Labute approximate surface area is 109 Å². The van der Waals surface area contributed by atoms with Crippen LogP contribution in [0.15, 0.2) is 55.1 Å². The predicted octanol–water partition coefficient (Wildman–Crippen LogP) is 4.73. The summed E-state index contributed by atoms with van der Waals surface area (Å²) in [4.78, 5) is 0. The Balaban J connectivity index is 2.14. The van der Waals surface area contributed by atoms with E-state index in [1.165, 1.54) is 3.57 Å². The average Bonchev–Trinajstić information content (AvgIpc) is 2.33. The summed E-state index contributed by atoms with van der Waals surface area (Å²) in [5, 5.41) is 0. The molecule has 2 rings (SSSR count). The highest BCUT2D eigenvalue weighted by Crippen LogP contribution is 2.22. The summed E-state index contributed by atoms with van der Waals surface area (Å²) in [6.07, 6.45) is 1.81. The lowest BCUT2D eigenvalue weighted by atomic mass is 10.2. The summed E-state index contributed by atoms with van der Waals surface area (Å²) < 4.78 is 6.90. The Bertz CT molecular complexity index is 471. The molecule has 16 heavy (non-hydrogen) atoms. The van der Waals surface area contributed by atoms with E-state index < -0.39 is 0 Å². The van der Waals surface area contributed by atoms with Crippen LogP contribution in [0.2, 0.25) is 0 Å². The first-order chi connectivity index (χ1) is 7.78. The lowest BCUT2D eigenvalue weighted by molar-refractivity contribution is 0.482. The van der Waals surface area contributed by atoms with Gasteiger partial charge in [-0.1, -0.05) is 24.8 Å². The van der Waals surface area contributed by atoms with E-state index in [-0.39, 0.29) is 0 Å². The number of rotatable bonds is 3. The zero-order valence-corrected chi connectivity index (χ0v) is 10.8. The number of ether oxygens (including phenoxy) is 1. The van der Waals surface area contributed by atoms with Gasteiger partial charge in [-0.05, 0) is 64.6 Å². The van der Waals surface area contributed by atoms with Crippen molar-refractivity contribution in [1.29, 1.82) is 0 Å². The smallest absolute Gasteiger partial charge is 0.127 e. The van der Waals surface area contributed by atoms with Gasteiger partial charge >= 0.3 is 0 Å². The number of hydrogen-bond donors (Lipinski definition) is 0. The quantitative estimate of drug-likeness (QED) is 0.743. The molecule has 2 aromatic carbocycles. The minimum atomic E-state index is 0.840. The molecule has 0 N–H and O–H groups in total. The van der Waals surface area contributed by atoms with E-state index in [0.29, 0.717) is 0 Å². The van der Waals surface area contributed by atoms with Crippen LogP contribution < -0.4 is 4.74 Å². The predicted molar refractivity (Wildman–Crippen MR) is 75.8 cm³/mol. The third kappa shape index (κ3) is 2.85. The fourth-order valence-electron chi connectivity index (χ4n) is 1.31. The third-order valence-corrected chi connectivity index (χ3v) is 2.88. The van der Waals surface area contributed by atoms with Gasteiger partial charge in [0.1, 0.15) is 11.5 Å². The van der Waals surface area contributed by atoms with Crippen LogP contribution in [0.5, 0.6) is 11.5 Å². The minimum Gasteiger partial charge on any atom is -0.457 e. The second-order valence-electron chi connectivity index (χ2n) is 3.33. The highest BCUT2D eigenvalue weighted by molar-refractivity contribution is 14.1. The van der Waals surface area contributed by atoms with Gasteiger partial charge in [-0.3, -0.25) is 0 Å². The van der Waals surface area contributed by atoms with Crippen LogP contribution in [-0.4, -0.2) is 0 Å². The molecule has 80 valence electrons. The van der Waals surface area contributed by atoms with Gasteiger partial charge in [0.2, 0.25) is 0 Å². The summed E-state index contributed by atoms with van der Waals surface area (Å²) in [5.41, 5.74) is 1.09. The molecule has 0 bridgehead atoms. The first-order valence-corrected chi connectivity index (χ1v) is 6.02. The van der Waals surface area contributed by atoms with Gasteiger partial charge in [0, 0.05) is 3.57 Å². The van der Waals surface area contributed by atoms with Crippen molar-refractivity contribution in [3.8, 4) is 11.5 Å². The second kappa shape index (κ2) is 5.16. The van der Waals surface area contributed by atoms with E-state index in [4.69, 9.17) is 4.74 Å². The molecule has 0 saturated heterocycles. The number of halogens is 1. The van der Waals surface area contributed by atoms with Crippen molar-refractivity contribution >= 4 is 28.7 Å². The summed E-state index contributed by atoms with van der Waals surface area (Å²) in [6.45, 7) is 3.71. The van der Waals surface area contributed by atoms with Gasteiger partial charge in [-0.25, -0.2) is 0 Å². The molecule has 1 nitrogen and oxygen atoms in total. The fraction of sp³-hybridized carbons (Fsp3) is 0. The van der Waals surface area contributed by atoms with Gasteiger partial charge in [0.15, 0.2) is 0 Å². The lowest BCUT2D eigenvalue weighted by Gasteiger charge is -2.05. The van der Waals surface area contributed by atoms with Crippen molar-refractivity contribution in [2.45, 2.75) is 0 Å². The largest absolute Gasteiger partial charge is 0.457 e. The third-order valence-electron chi connectivity index (χ3n) is 2.17. The van der Waals surface area contributed by atoms with Gasteiger partial charge < -0.3 is 4.74 Å². The monoisotopic (exact) mass is 322 g/mol. The molecule has 0 amide bonds. The van der Waals surface area contributed by atoms with Crippen LogP contribution in [0.4, 0.5) is 0 Å². The topological polar surface area (TPSA) is 9.23 Å². The summed E-state index contributed by atoms with van der Waals surface area (Å²) in [5.74, 6) is 1.69. The van der Waals surface area contributed by atoms with E-state index in [0.717, 1.165) is 17.1 Å². The zero-order chi connectivity index (χ0) is 11.4. The molecule has 2 aromatic rings. The lowest BCUT2D eigenvalue weighted by Crippen LogP contribution is -1.84. The van der Waals surface area contributed by atoms with Crippen LogP contribution in [0.1, 0.15) is 5.56 Å². The Kier molecular flexibility index (Phi) is 3.62. The van der Waals surface area contributed by atoms with E-state index in [9.17, 15) is 0 Å². The summed E-state index contributed by atoms with van der Waals surface area (Å²) in [7, 11) is 0. The van der Waals surface area contributed by atoms with Crippen molar-refractivity contribution in [2.75, 3.05) is 0 Å². The molecule has 0 spiro atoms. The first kappa shape index (κ1) is 11.2. The van der Waals surface area contributed by atoms with Crippen LogP contribution in [0.3, 0.4) is 0 Å². The molecule has 0 aromatic heterocycles. The highest BCUT2D eigenvalue weighted by atomic mass is 127. The maximum Gasteiger partial charge on any atom is 0.127 e. The van der Waals surface area contributed by atoms with Crippen molar-refractivity contribution < 1.29 is 4.74 Å². The molecule has 0 fully saturated rings. The van der Waals surface area contributed by atoms with Crippen molar-refractivity contribution in [2.24, 2.45) is 0 Å². The van der Waals surface area contributed by atoms with Crippen molar-refractivity contribution in [1.82, 2.24) is 0 Å². The second-order valence-corrected chi connectivity index (χ2v) is 4.57. The Hall–Kier alpha value is -1.29. The maximum absolute atomic E-state index is 5.70. The summed E-state index contributed by atoms with van der Waals surface area (Å²) >= 11 is 2.27. The maximum atomic E-state index is 5.70. The molecule has 0 aliphatic heterocycles. The molecule has 0 unspecified atom stereocenters.